The van der Waals surface area contributed by atoms with Gasteiger partial charge in [0, 0.05) is 18.7 Å². The Bertz CT molecular complexity index is 618. The molecule has 0 bridgehead atoms. The highest BCUT2D eigenvalue weighted by molar-refractivity contribution is 5.92. The summed E-state index contributed by atoms with van der Waals surface area (Å²) in [4.78, 5) is 19.3. The van der Waals surface area contributed by atoms with E-state index in [0.29, 0.717) is 23.4 Å². The van der Waals surface area contributed by atoms with Crippen molar-refractivity contribution in [3.63, 3.8) is 0 Å². The fraction of sp³-hybridized carbons (Fsp3) is 0.684. The molecule has 2 saturated carbocycles. The van der Waals surface area contributed by atoms with Crippen LogP contribution in [-0.2, 0) is 0 Å². The van der Waals surface area contributed by atoms with Gasteiger partial charge in [0.2, 0.25) is 5.88 Å². The van der Waals surface area contributed by atoms with Gasteiger partial charge in [-0.3, -0.25) is 4.79 Å². The van der Waals surface area contributed by atoms with E-state index in [0.717, 1.165) is 26.1 Å². The molecule has 2 aliphatic carbocycles. The lowest BCUT2D eigenvalue weighted by molar-refractivity contribution is 0.0771. The molecular weight excluding hydrogens is 288 g/mol. The van der Waals surface area contributed by atoms with Gasteiger partial charge in [0.25, 0.3) is 5.91 Å². The summed E-state index contributed by atoms with van der Waals surface area (Å²) >= 11 is 0. The Hall–Kier alpha value is -1.58. The van der Waals surface area contributed by atoms with Crippen molar-refractivity contribution >= 4 is 5.91 Å². The van der Waals surface area contributed by atoms with Crippen LogP contribution >= 0.6 is 0 Å². The van der Waals surface area contributed by atoms with E-state index in [1.54, 1.807) is 0 Å². The van der Waals surface area contributed by atoms with Crippen LogP contribution in [0.25, 0.3) is 0 Å². The fourth-order valence-electron chi connectivity index (χ4n) is 3.32. The van der Waals surface area contributed by atoms with Crippen LogP contribution < -0.4 is 4.74 Å². The van der Waals surface area contributed by atoms with Gasteiger partial charge in [0.15, 0.2) is 0 Å². The van der Waals surface area contributed by atoms with Crippen molar-refractivity contribution in [3.8, 4) is 5.88 Å². The molecular formula is C19H26N2O2. The quantitative estimate of drug-likeness (QED) is 0.833. The van der Waals surface area contributed by atoms with Crippen LogP contribution in [0.4, 0.5) is 0 Å². The first kappa shape index (κ1) is 15.0. The second kappa shape index (κ2) is 5.50. The number of pyridine rings is 1. The summed E-state index contributed by atoms with van der Waals surface area (Å²) in [6, 6.07) is 3.96. The SMILES string of the molecule is CC1(C)CCN(C(=O)c2ccc(C3CC3)c(OCC3CC3)n2)C1. The molecule has 0 unspecified atom stereocenters. The third kappa shape index (κ3) is 3.36. The van der Waals surface area contributed by atoms with Crippen LogP contribution in [-0.4, -0.2) is 35.5 Å². The Kier molecular flexibility index (Phi) is 3.58. The Labute approximate surface area is 138 Å². The molecule has 3 fully saturated rings. The number of ether oxygens (including phenoxy) is 1. The average Bonchev–Trinajstić information content (AvgIpc) is 3.43. The Morgan fingerprint density at radius 1 is 1.30 bits per heavy atom. The molecule has 4 heteroatoms. The highest BCUT2D eigenvalue weighted by atomic mass is 16.5. The molecule has 124 valence electrons. The number of amides is 1. The maximum Gasteiger partial charge on any atom is 0.272 e. The van der Waals surface area contributed by atoms with E-state index >= 15 is 0 Å². The molecule has 23 heavy (non-hydrogen) atoms. The van der Waals surface area contributed by atoms with Gasteiger partial charge in [0.05, 0.1) is 6.61 Å². The zero-order valence-electron chi connectivity index (χ0n) is 14.2. The zero-order valence-corrected chi connectivity index (χ0v) is 14.2. The van der Waals surface area contributed by atoms with Crippen LogP contribution in [0.1, 0.15) is 67.9 Å². The lowest BCUT2D eigenvalue weighted by Gasteiger charge is -2.20. The molecule has 0 aromatic carbocycles. The van der Waals surface area contributed by atoms with Gasteiger partial charge < -0.3 is 9.64 Å². The number of hydrogen-bond acceptors (Lipinski definition) is 3. The van der Waals surface area contributed by atoms with Crippen molar-refractivity contribution < 1.29 is 9.53 Å². The lowest BCUT2D eigenvalue weighted by Crippen LogP contribution is -2.31. The molecule has 1 saturated heterocycles. The normalized spacial score (nSPS) is 23.1. The first-order valence-corrected chi connectivity index (χ1v) is 8.95. The standard InChI is InChI=1S/C19H26N2O2/c1-19(2)9-10-21(12-19)18(22)16-8-7-15(14-5-6-14)17(20-16)23-11-13-3-4-13/h7-8,13-14H,3-6,9-12H2,1-2H3. The summed E-state index contributed by atoms with van der Waals surface area (Å²) in [7, 11) is 0. The van der Waals surface area contributed by atoms with Crippen molar-refractivity contribution in [3.05, 3.63) is 23.4 Å². The smallest absolute Gasteiger partial charge is 0.272 e. The van der Waals surface area contributed by atoms with Gasteiger partial charge in [-0.1, -0.05) is 19.9 Å². The Balaban J connectivity index is 1.53. The van der Waals surface area contributed by atoms with Crippen molar-refractivity contribution in [2.24, 2.45) is 11.3 Å². The molecule has 1 aliphatic heterocycles. The maximum absolute atomic E-state index is 12.7. The van der Waals surface area contributed by atoms with Gasteiger partial charge in [-0.25, -0.2) is 4.98 Å². The van der Waals surface area contributed by atoms with Crippen molar-refractivity contribution in [2.45, 2.75) is 51.9 Å². The summed E-state index contributed by atoms with van der Waals surface area (Å²) in [5.41, 5.74) is 1.96. The van der Waals surface area contributed by atoms with Crippen LogP contribution in [0.2, 0.25) is 0 Å². The van der Waals surface area contributed by atoms with Gasteiger partial charge in [-0.2, -0.15) is 0 Å². The number of aromatic nitrogens is 1. The summed E-state index contributed by atoms with van der Waals surface area (Å²) < 4.78 is 5.97. The van der Waals surface area contributed by atoms with Crippen LogP contribution in [0.15, 0.2) is 12.1 Å². The average molecular weight is 314 g/mol. The number of carbonyl (C=O) groups excluding carboxylic acids is 1. The summed E-state index contributed by atoms with van der Waals surface area (Å²) in [6.45, 7) is 6.83. The van der Waals surface area contributed by atoms with Crippen LogP contribution in [0.3, 0.4) is 0 Å². The maximum atomic E-state index is 12.7. The van der Waals surface area contributed by atoms with E-state index in [1.807, 2.05) is 11.0 Å². The predicted molar refractivity (Wildman–Crippen MR) is 88.7 cm³/mol. The first-order chi connectivity index (χ1) is 11.0. The monoisotopic (exact) mass is 314 g/mol. The number of hydrogen-bond donors (Lipinski definition) is 0. The molecule has 0 radical (unpaired) electrons. The molecule has 1 aromatic heterocycles. The highest BCUT2D eigenvalue weighted by Crippen LogP contribution is 2.44. The Morgan fingerprint density at radius 3 is 2.70 bits per heavy atom. The minimum Gasteiger partial charge on any atom is -0.477 e. The number of likely N-dealkylation sites (tertiary alicyclic amines) is 1. The topological polar surface area (TPSA) is 42.4 Å². The van der Waals surface area contributed by atoms with E-state index in [2.05, 4.69) is 24.9 Å². The molecule has 2 heterocycles. The zero-order chi connectivity index (χ0) is 16.0. The third-order valence-electron chi connectivity index (χ3n) is 5.24. The van der Waals surface area contributed by atoms with Gasteiger partial charge in [0.1, 0.15) is 5.69 Å². The van der Waals surface area contributed by atoms with Crippen molar-refractivity contribution in [2.75, 3.05) is 19.7 Å². The van der Waals surface area contributed by atoms with Crippen molar-refractivity contribution in [1.29, 1.82) is 0 Å². The molecule has 0 N–H and O–H groups in total. The molecule has 1 aromatic rings. The van der Waals surface area contributed by atoms with E-state index in [-0.39, 0.29) is 11.3 Å². The van der Waals surface area contributed by atoms with Gasteiger partial charge in [-0.05, 0) is 55.4 Å². The second-order valence-electron chi connectivity index (χ2n) is 8.26. The predicted octanol–water partition coefficient (Wildman–Crippen LogP) is 3.62. The minimum atomic E-state index is 0.0502. The third-order valence-corrected chi connectivity index (χ3v) is 5.24. The molecule has 0 spiro atoms. The highest BCUT2D eigenvalue weighted by Gasteiger charge is 2.34. The van der Waals surface area contributed by atoms with Crippen LogP contribution in [0, 0.1) is 11.3 Å². The lowest BCUT2D eigenvalue weighted by atomic mass is 9.93. The largest absolute Gasteiger partial charge is 0.477 e. The van der Waals surface area contributed by atoms with E-state index in [1.165, 1.54) is 31.2 Å². The molecule has 4 rings (SSSR count). The Morgan fingerprint density at radius 2 is 2.09 bits per heavy atom. The van der Waals surface area contributed by atoms with E-state index < -0.39 is 0 Å². The van der Waals surface area contributed by atoms with Crippen molar-refractivity contribution in [1.82, 2.24) is 9.88 Å². The van der Waals surface area contributed by atoms with Gasteiger partial charge in [-0.15, -0.1) is 0 Å². The molecule has 0 atom stereocenters. The molecule has 3 aliphatic rings. The first-order valence-electron chi connectivity index (χ1n) is 8.95. The fourth-order valence-corrected chi connectivity index (χ4v) is 3.32. The molecule has 4 nitrogen and oxygen atoms in total. The number of carbonyl (C=O) groups is 1. The van der Waals surface area contributed by atoms with E-state index in [4.69, 9.17) is 4.74 Å². The number of rotatable bonds is 5. The van der Waals surface area contributed by atoms with Gasteiger partial charge >= 0.3 is 0 Å². The minimum absolute atomic E-state index is 0.0502. The second-order valence-corrected chi connectivity index (χ2v) is 8.26. The molecule has 1 amide bonds. The number of nitrogens with zero attached hydrogens (tertiary/aromatic N) is 2. The van der Waals surface area contributed by atoms with Crippen LogP contribution in [0.5, 0.6) is 5.88 Å². The van der Waals surface area contributed by atoms with E-state index in [9.17, 15) is 4.79 Å². The summed E-state index contributed by atoms with van der Waals surface area (Å²) in [6.07, 6.45) is 6.02. The summed E-state index contributed by atoms with van der Waals surface area (Å²) in [5.74, 6) is 2.05. The summed E-state index contributed by atoms with van der Waals surface area (Å²) in [5, 5.41) is 0.